The van der Waals surface area contributed by atoms with Crippen LogP contribution in [0.2, 0.25) is 0 Å². The summed E-state index contributed by atoms with van der Waals surface area (Å²) >= 11 is 0. The summed E-state index contributed by atoms with van der Waals surface area (Å²) in [6, 6.07) is 12.9. The van der Waals surface area contributed by atoms with Crippen molar-refractivity contribution in [1.82, 2.24) is 4.40 Å². The number of carbonyl (C=O) groups is 1. The molecule has 5 heteroatoms. The van der Waals surface area contributed by atoms with Gasteiger partial charge in [-0.15, -0.1) is 10.2 Å². The van der Waals surface area contributed by atoms with Gasteiger partial charge < -0.3 is 4.74 Å². The predicted molar refractivity (Wildman–Crippen MR) is 94.2 cm³/mol. The minimum Gasteiger partial charge on any atom is -0.465 e. The number of aryl methyl sites for hydroxylation is 1. The summed E-state index contributed by atoms with van der Waals surface area (Å²) in [5.41, 5.74) is 4.24. The molecule has 0 fully saturated rings. The summed E-state index contributed by atoms with van der Waals surface area (Å²) in [5.74, 6) is 0.398. The number of ether oxygens (including phenoxy) is 1. The van der Waals surface area contributed by atoms with E-state index in [0.717, 1.165) is 22.5 Å². The lowest BCUT2D eigenvalue weighted by Crippen LogP contribution is -1.99. The lowest BCUT2D eigenvalue weighted by molar-refractivity contribution is 0.0601. The number of fused-ring (bicyclic) bond motifs is 1. The topological polar surface area (TPSA) is 55.4 Å². The number of methoxy groups -OCH3 is 1. The Balaban J connectivity index is 1.94. The number of pyridine rings is 1. The molecule has 0 saturated heterocycles. The maximum atomic E-state index is 11.4. The normalized spacial score (nSPS) is 11.1. The van der Waals surface area contributed by atoms with Gasteiger partial charge in [0.2, 0.25) is 0 Å². The molecule has 0 saturated carbocycles. The van der Waals surface area contributed by atoms with Crippen LogP contribution in [0.5, 0.6) is 0 Å². The van der Waals surface area contributed by atoms with Crippen LogP contribution in [0.25, 0.3) is 11.6 Å². The largest absolute Gasteiger partial charge is 0.465 e. The van der Waals surface area contributed by atoms with Crippen molar-refractivity contribution in [3.05, 3.63) is 71.9 Å². The van der Waals surface area contributed by atoms with Crippen molar-refractivity contribution < 1.29 is 9.53 Å². The summed E-state index contributed by atoms with van der Waals surface area (Å²) in [7, 11) is 1.36. The summed E-state index contributed by atoms with van der Waals surface area (Å²) in [5, 5.41) is 8.64. The fourth-order valence-electron chi connectivity index (χ4n) is 2.44. The third-order valence-corrected chi connectivity index (χ3v) is 3.73. The highest BCUT2D eigenvalue weighted by Crippen LogP contribution is 2.27. The van der Waals surface area contributed by atoms with Crippen molar-refractivity contribution in [3.8, 4) is 0 Å². The molecule has 120 valence electrons. The molecule has 2 aromatic heterocycles. The van der Waals surface area contributed by atoms with Crippen LogP contribution in [0.1, 0.15) is 21.5 Å². The van der Waals surface area contributed by atoms with E-state index in [9.17, 15) is 4.79 Å². The summed E-state index contributed by atoms with van der Waals surface area (Å²) in [6.45, 7) is 5.79. The molecule has 0 radical (unpaired) electrons. The minimum atomic E-state index is -0.371. The first-order valence-corrected chi connectivity index (χ1v) is 7.46. The van der Waals surface area contributed by atoms with E-state index in [0.29, 0.717) is 11.3 Å². The highest BCUT2D eigenvalue weighted by molar-refractivity contribution is 5.89. The Morgan fingerprint density at radius 3 is 2.58 bits per heavy atom. The average Bonchev–Trinajstić information content (AvgIpc) is 2.94. The van der Waals surface area contributed by atoms with Gasteiger partial charge in [0.25, 0.3) is 0 Å². The number of nitrogens with zero attached hydrogens (tertiary/aromatic N) is 3. The zero-order valence-corrected chi connectivity index (χ0v) is 13.6. The van der Waals surface area contributed by atoms with E-state index in [4.69, 9.17) is 0 Å². The van der Waals surface area contributed by atoms with Crippen LogP contribution in [-0.2, 0) is 4.74 Å². The number of carbonyl (C=O) groups excluding carboxylic acids is 1. The molecule has 0 unspecified atom stereocenters. The van der Waals surface area contributed by atoms with Crippen molar-refractivity contribution in [1.29, 1.82) is 0 Å². The molecule has 0 N–H and O–H groups in total. The van der Waals surface area contributed by atoms with Gasteiger partial charge in [-0.2, -0.15) is 0 Å². The number of benzene rings is 1. The molecule has 0 aliphatic rings. The summed E-state index contributed by atoms with van der Waals surface area (Å²) in [6.07, 6.45) is 3.77. The van der Waals surface area contributed by atoms with Gasteiger partial charge in [-0.05, 0) is 54.4 Å². The first kappa shape index (κ1) is 15.7. The second-order valence-electron chi connectivity index (χ2n) is 5.35. The molecular formula is C19H17N3O2. The van der Waals surface area contributed by atoms with Crippen molar-refractivity contribution >= 4 is 29.1 Å². The van der Waals surface area contributed by atoms with E-state index in [1.165, 1.54) is 7.11 Å². The van der Waals surface area contributed by atoms with Gasteiger partial charge in [-0.25, -0.2) is 4.79 Å². The van der Waals surface area contributed by atoms with E-state index >= 15 is 0 Å². The van der Waals surface area contributed by atoms with E-state index in [1.54, 1.807) is 30.3 Å². The maximum absolute atomic E-state index is 11.4. The zero-order valence-electron chi connectivity index (χ0n) is 13.6. The highest BCUT2D eigenvalue weighted by atomic mass is 16.5. The first-order valence-electron chi connectivity index (χ1n) is 7.46. The Labute approximate surface area is 139 Å². The third-order valence-electron chi connectivity index (χ3n) is 3.73. The molecule has 3 aromatic rings. The fraction of sp³-hybridized carbons (Fsp3) is 0.105. The van der Waals surface area contributed by atoms with Gasteiger partial charge in [-0.1, -0.05) is 18.7 Å². The number of hydrogen-bond acceptors (Lipinski definition) is 4. The molecule has 0 amide bonds. The Kier molecular flexibility index (Phi) is 4.24. The van der Waals surface area contributed by atoms with E-state index in [-0.39, 0.29) is 5.97 Å². The number of rotatable bonds is 4. The molecule has 0 aliphatic carbocycles. The molecule has 0 aliphatic heterocycles. The molecule has 2 heterocycles. The zero-order chi connectivity index (χ0) is 17.1. The maximum Gasteiger partial charge on any atom is 0.337 e. The Morgan fingerprint density at radius 1 is 1.17 bits per heavy atom. The van der Waals surface area contributed by atoms with Crippen LogP contribution < -0.4 is 0 Å². The van der Waals surface area contributed by atoms with Crippen molar-refractivity contribution in [2.45, 2.75) is 6.92 Å². The van der Waals surface area contributed by atoms with Gasteiger partial charge in [0, 0.05) is 11.7 Å². The van der Waals surface area contributed by atoms with E-state index < -0.39 is 0 Å². The molecule has 3 rings (SSSR count). The molecule has 5 nitrogen and oxygen atoms in total. The van der Waals surface area contributed by atoms with Crippen LogP contribution >= 0.6 is 0 Å². The van der Waals surface area contributed by atoms with Crippen LogP contribution in [0, 0.1) is 6.92 Å². The Hall–Kier alpha value is -3.21. The Bertz CT molecular complexity index is 937. The van der Waals surface area contributed by atoms with Gasteiger partial charge in [0.1, 0.15) is 0 Å². The van der Waals surface area contributed by atoms with Crippen LogP contribution in [0.4, 0.5) is 11.5 Å². The number of hydrogen-bond donors (Lipinski definition) is 0. The molecule has 0 atom stereocenters. The molecule has 1 aromatic carbocycles. The summed E-state index contributed by atoms with van der Waals surface area (Å²) < 4.78 is 6.66. The minimum absolute atomic E-state index is 0.371. The van der Waals surface area contributed by atoms with Gasteiger partial charge in [0.15, 0.2) is 5.82 Å². The number of esters is 1. The first-order chi connectivity index (χ1) is 11.6. The van der Waals surface area contributed by atoms with E-state index in [2.05, 4.69) is 27.6 Å². The molecule has 0 bridgehead atoms. The average molecular weight is 319 g/mol. The monoisotopic (exact) mass is 319 g/mol. The number of azo groups is 1. The lowest BCUT2D eigenvalue weighted by atomic mass is 10.2. The Morgan fingerprint density at radius 2 is 1.92 bits per heavy atom. The van der Waals surface area contributed by atoms with Crippen LogP contribution in [0.15, 0.2) is 65.5 Å². The van der Waals surface area contributed by atoms with Crippen molar-refractivity contribution in [3.63, 3.8) is 0 Å². The smallest absolute Gasteiger partial charge is 0.337 e. The summed E-state index contributed by atoms with van der Waals surface area (Å²) in [4.78, 5) is 11.4. The van der Waals surface area contributed by atoms with Gasteiger partial charge in [-0.3, -0.25) is 4.40 Å². The van der Waals surface area contributed by atoms with Gasteiger partial charge in [0.05, 0.1) is 18.4 Å². The van der Waals surface area contributed by atoms with Crippen molar-refractivity contribution in [2.75, 3.05) is 7.11 Å². The molecular weight excluding hydrogens is 302 g/mol. The second kappa shape index (κ2) is 6.50. The molecule has 24 heavy (non-hydrogen) atoms. The van der Waals surface area contributed by atoms with Crippen molar-refractivity contribution in [2.24, 2.45) is 10.2 Å². The third kappa shape index (κ3) is 2.96. The standard InChI is InChI=1S/C19H17N3O2/c1-4-14-5-10-17-11-13(2)18(22(17)12-14)21-20-16-8-6-15(7-9-16)19(23)24-3/h4-12H,1H2,2-3H3. The van der Waals surface area contributed by atoms with Crippen LogP contribution in [-0.4, -0.2) is 17.5 Å². The lowest BCUT2D eigenvalue weighted by Gasteiger charge is -2.01. The number of aromatic nitrogens is 1. The quantitative estimate of drug-likeness (QED) is 0.496. The predicted octanol–water partition coefficient (Wildman–Crippen LogP) is 5.09. The van der Waals surface area contributed by atoms with Crippen LogP contribution in [0.3, 0.4) is 0 Å². The second-order valence-corrected chi connectivity index (χ2v) is 5.35. The van der Waals surface area contributed by atoms with Gasteiger partial charge >= 0.3 is 5.97 Å². The fourth-order valence-corrected chi connectivity index (χ4v) is 2.44. The highest BCUT2D eigenvalue weighted by Gasteiger charge is 2.07. The SMILES string of the molecule is C=Cc1ccc2cc(C)c(N=Nc3ccc(C(=O)OC)cc3)n2c1. The van der Waals surface area contributed by atoms with E-state index in [1.807, 2.05) is 29.7 Å². The molecule has 0 spiro atoms.